The van der Waals surface area contributed by atoms with Crippen molar-refractivity contribution in [2.45, 2.75) is 13.8 Å². The first-order chi connectivity index (χ1) is 39.9. The molecule has 0 saturated carbocycles. The van der Waals surface area contributed by atoms with Crippen LogP contribution in [0.4, 0.5) is 0 Å². The number of benzene rings is 9. The van der Waals surface area contributed by atoms with Crippen LogP contribution in [0.1, 0.15) is 61.5 Å². The summed E-state index contributed by atoms with van der Waals surface area (Å²) in [5.74, 6) is 0. The molecule has 0 amide bonds. The number of aryl methyl sites for hydroxylation is 2. The highest BCUT2D eigenvalue weighted by Gasteiger charge is 2.24. The summed E-state index contributed by atoms with van der Waals surface area (Å²) in [6.07, 6.45) is 0. The van der Waals surface area contributed by atoms with Gasteiger partial charge in [0.1, 0.15) is 6.07 Å². The molecule has 0 aliphatic carbocycles. The minimum absolute atomic E-state index is 0.274. The first-order valence-corrected chi connectivity index (χ1v) is 25.5. The number of hydrogen-bond donors (Lipinski definition) is 0. The van der Waals surface area contributed by atoms with Gasteiger partial charge in [-0.05, 0) is 185 Å². The van der Waals surface area contributed by atoms with Crippen molar-refractivity contribution in [2.75, 3.05) is 0 Å². The minimum Gasteiger partial charge on any atom is -0.309 e. The van der Waals surface area contributed by atoms with E-state index < -0.39 is 0 Å². The second kappa shape index (κ2) is 19.9. The van der Waals surface area contributed by atoms with Crippen LogP contribution in [0.15, 0.2) is 170 Å². The van der Waals surface area contributed by atoms with Crippen molar-refractivity contribution < 1.29 is 0 Å². The van der Waals surface area contributed by atoms with Crippen LogP contribution < -0.4 is 0 Å². The Kier molecular flexibility index (Phi) is 12.1. The van der Waals surface area contributed by atoms with E-state index in [1.54, 1.807) is 60.7 Å². The molecule has 82 heavy (non-hydrogen) atoms. The van der Waals surface area contributed by atoms with Crippen LogP contribution in [0.3, 0.4) is 0 Å². The Morgan fingerprint density at radius 1 is 0.268 bits per heavy atom. The second-order valence-electron chi connectivity index (χ2n) is 19.8. The van der Waals surface area contributed by atoms with E-state index >= 15 is 0 Å². The zero-order chi connectivity index (χ0) is 56.9. The van der Waals surface area contributed by atoms with Gasteiger partial charge >= 0.3 is 0 Å². The zero-order valence-corrected chi connectivity index (χ0v) is 43.5. The molecule has 0 aliphatic heterocycles. The van der Waals surface area contributed by atoms with Gasteiger partial charge in [0.15, 0.2) is 0 Å². The van der Waals surface area contributed by atoms with Gasteiger partial charge in [0.25, 0.3) is 0 Å². The van der Waals surface area contributed by atoms with Crippen molar-refractivity contribution in [1.82, 2.24) is 14.1 Å². The Morgan fingerprint density at radius 3 is 0.817 bits per heavy atom. The molecule has 12 heteroatoms. The highest BCUT2D eigenvalue weighted by molar-refractivity contribution is 6.13. The fourth-order valence-corrected chi connectivity index (χ4v) is 11.2. The molecule has 12 rings (SSSR count). The third kappa shape index (κ3) is 8.57. The lowest BCUT2D eigenvalue weighted by Gasteiger charge is -2.20. The highest BCUT2D eigenvalue weighted by atomic mass is 15.0. The minimum atomic E-state index is 0.274. The summed E-state index contributed by atoms with van der Waals surface area (Å²) in [7, 11) is 0. The lowest BCUT2D eigenvalue weighted by atomic mass is 9.97. The number of rotatable bonds is 7. The molecule has 0 fully saturated rings. The number of hydrogen-bond acceptors (Lipinski definition) is 10. The molecule has 0 unspecified atom stereocenters. The zero-order valence-electron chi connectivity index (χ0n) is 43.5. The third-order valence-corrected chi connectivity index (χ3v) is 14.7. The fraction of sp³-hybridized carbons (Fsp3) is 0.0286. The molecular weight excluding hydrogens is 1010 g/mol. The summed E-state index contributed by atoms with van der Waals surface area (Å²) in [5.41, 5.74) is 15.3. The molecule has 0 radical (unpaired) electrons. The lowest BCUT2D eigenvalue weighted by Crippen LogP contribution is -2.04. The fourth-order valence-electron chi connectivity index (χ4n) is 11.2. The molecule has 0 saturated heterocycles. The average molecular weight is 1040 g/mol. The van der Waals surface area contributed by atoms with Crippen molar-refractivity contribution >= 4 is 43.6 Å². The normalized spacial score (nSPS) is 10.7. The van der Waals surface area contributed by atoms with Crippen LogP contribution >= 0.6 is 0 Å². The summed E-state index contributed by atoms with van der Waals surface area (Å²) in [4.78, 5) is 4.78. The Balaban J connectivity index is 1.22. The van der Waals surface area contributed by atoms with Crippen LogP contribution in [0.5, 0.6) is 0 Å². The van der Waals surface area contributed by atoms with Crippen molar-refractivity contribution in [2.24, 2.45) is 0 Å². The van der Waals surface area contributed by atoms with Crippen molar-refractivity contribution in [3.05, 3.63) is 231 Å². The summed E-state index contributed by atoms with van der Waals surface area (Å²) in [5, 5.41) is 95.4. The van der Waals surface area contributed by atoms with Gasteiger partial charge in [-0.1, -0.05) is 48.5 Å². The Morgan fingerprint density at radius 2 is 0.549 bits per heavy atom. The Labute approximate surface area is 469 Å². The highest BCUT2D eigenvalue weighted by Crippen LogP contribution is 2.44. The molecule has 0 N–H and O–H groups in total. The number of aromatic nitrogens is 3. The van der Waals surface area contributed by atoms with Gasteiger partial charge in [0.2, 0.25) is 0 Å². The smallest absolute Gasteiger partial charge is 0.101 e. The van der Waals surface area contributed by atoms with Gasteiger partial charge in [-0.2, -0.15) is 47.4 Å². The molecule has 12 aromatic rings. The van der Waals surface area contributed by atoms with E-state index in [-0.39, 0.29) is 5.56 Å². The molecule has 374 valence electrons. The number of nitrogens with zero attached hydrogens (tertiary/aromatic N) is 12. The largest absolute Gasteiger partial charge is 0.309 e. The first-order valence-electron chi connectivity index (χ1n) is 25.5. The topological polar surface area (TPSA) is 237 Å². The van der Waals surface area contributed by atoms with E-state index in [1.807, 2.05) is 115 Å². The predicted octanol–water partition coefficient (Wildman–Crippen LogP) is 15.1. The summed E-state index contributed by atoms with van der Waals surface area (Å²) in [6, 6.07) is 71.8. The summed E-state index contributed by atoms with van der Waals surface area (Å²) in [6.45, 7) is 3.84. The molecule has 9 aromatic carbocycles. The van der Waals surface area contributed by atoms with E-state index in [9.17, 15) is 47.4 Å². The van der Waals surface area contributed by atoms with Crippen LogP contribution in [-0.2, 0) is 0 Å². The molecule has 12 nitrogen and oxygen atoms in total. The van der Waals surface area contributed by atoms with E-state index in [4.69, 9.17) is 4.98 Å². The summed E-state index contributed by atoms with van der Waals surface area (Å²) >= 11 is 0. The molecule has 0 bridgehead atoms. The van der Waals surface area contributed by atoms with Gasteiger partial charge < -0.3 is 9.13 Å². The number of fused-ring (bicyclic) bond motifs is 6. The van der Waals surface area contributed by atoms with Gasteiger partial charge in [0.05, 0.1) is 132 Å². The quantitative estimate of drug-likeness (QED) is 0.146. The van der Waals surface area contributed by atoms with Gasteiger partial charge in [-0.15, -0.1) is 0 Å². The maximum atomic E-state index is 11.7. The van der Waals surface area contributed by atoms with Crippen LogP contribution in [0.2, 0.25) is 0 Å². The van der Waals surface area contributed by atoms with Gasteiger partial charge in [-0.3, -0.25) is 4.98 Å². The van der Waals surface area contributed by atoms with Gasteiger partial charge in [-0.25, -0.2) is 0 Å². The van der Waals surface area contributed by atoms with E-state index in [1.165, 1.54) is 12.1 Å². The van der Waals surface area contributed by atoms with E-state index in [0.29, 0.717) is 106 Å². The number of pyridine rings is 1. The average Bonchev–Trinajstić information content (AvgIpc) is 4.22. The van der Waals surface area contributed by atoms with Crippen LogP contribution in [-0.4, -0.2) is 14.1 Å². The van der Waals surface area contributed by atoms with Crippen molar-refractivity contribution in [3.63, 3.8) is 0 Å². The molecule has 0 aliphatic rings. The predicted molar refractivity (Wildman–Crippen MR) is 312 cm³/mol. The summed E-state index contributed by atoms with van der Waals surface area (Å²) < 4.78 is 4.14. The first kappa shape index (κ1) is 50.0. The third-order valence-electron chi connectivity index (χ3n) is 14.7. The lowest BCUT2D eigenvalue weighted by molar-refractivity contribution is 1.11. The molecule has 0 atom stereocenters. The van der Waals surface area contributed by atoms with Crippen molar-refractivity contribution in [1.29, 1.82) is 47.4 Å². The van der Waals surface area contributed by atoms with Gasteiger partial charge in [0, 0.05) is 38.5 Å². The Bertz CT molecular complexity index is 4840. The second-order valence-corrected chi connectivity index (χ2v) is 19.8. The van der Waals surface area contributed by atoms with Crippen LogP contribution in [0.25, 0.3) is 111 Å². The number of nitriles is 9. The standard InChI is InChI=1S/C70H34N12/c1-40-11-58(12-41(2)80-40)64-30-65(81-66-25-50(54-17-42(31-71)13-43(18-54)32-72)3-7-60(66)61-8-4-51(26-67(61)81)55-19-44(33-73)14-45(20-55)34-74)59(39-79)29-70(64)82-68-27-52(56-21-46(35-75)15-47(22-56)36-76)5-9-62(68)63-10-6-53(28-69(63)82)57-23-48(37-77)16-49(24-57)38-78/h3-30H,1-2H3. The SMILES string of the molecule is Cc1cc(-c2cc(-n3c4cc(-c5cc(C#N)cc(C#N)c5)ccc4c4ccc(-c5cc(C#N)cc(C#N)c5)cc43)c(C#N)cc2-n2c3cc(-c4cc(C#N)cc(C#N)c4)ccc3c3ccc(-c4cc(C#N)cc(C#N)c4)cc32)cc(C)n1. The molecular formula is C70H34N12. The van der Waals surface area contributed by atoms with E-state index in [2.05, 4.69) is 59.2 Å². The van der Waals surface area contributed by atoms with Crippen molar-refractivity contribution in [3.8, 4) is 122 Å². The molecule has 0 spiro atoms. The molecule has 3 aromatic heterocycles. The monoisotopic (exact) mass is 1040 g/mol. The molecule has 3 heterocycles. The Hall–Kier alpha value is -12.9. The van der Waals surface area contributed by atoms with Crippen LogP contribution in [0, 0.1) is 116 Å². The maximum Gasteiger partial charge on any atom is 0.101 e. The maximum absolute atomic E-state index is 11.7. The van der Waals surface area contributed by atoms with E-state index in [0.717, 1.165) is 60.7 Å².